The fraction of sp³-hybridized carbons (Fsp3) is 0.438. The number of rotatable bonds is 9. The average Bonchev–Trinajstić information content (AvgIpc) is 0.674. The van der Waals surface area contributed by atoms with Crippen molar-refractivity contribution in [1.82, 2.24) is 0 Å². The molecule has 0 N–H and O–H groups in total. The van der Waals surface area contributed by atoms with Gasteiger partial charge in [0.15, 0.2) is 0 Å². The predicted molar refractivity (Wildman–Crippen MR) is 580 cm³/mol. The molecule has 2 heterocycles. The van der Waals surface area contributed by atoms with Crippen LogP contribution in [0, 0.1) is 0 Å². The summed E-state index contributed by atoms with van der Waals surface area (Å²) in [4.78, 5) is 4.10. The van der Waals surface area contributed by atoms with Crippen molar-refractivity contribution < 1.29 is 24.7 Å². The zero-order chi connectivity index (χ0) is 113. The third kappa shape index (κ3) is 19.4. The quantitative estimate of drug-likeness (QED) is 0.133. The van der Waals surface area contributed by atoms with Crippen LogP contribution >= 0.6 is 0 Å². The van der Waals surface area contributed by atoms with Crippen molar-refractivity contribution >= 4 is 57.2 Å². The summed E-state index contributed by atoms with van der Waals surface area (Å²) in [6, 6.07) is 31.3. The van der Waals surface area contributed by atoms with Crippen LogP contribution in [0.4, 0.5) is 34.1 Å². The molecule has 0 unspecified atom stereocenters. The van der Waals surface area contributed by atoms with E-state index in [1.165, 1.54) is 0 Å². The molecule has 0 radical (unpaired) electrons. The predicted octanol–water partition coefficient (Wildman–Crippen LogP) is 35.6. The lowest BCUT2D eigenvalue weighted by Gasteiger charge is -2.46. The summed E-state index contributed by atoms with van der Waals surface area (Å²) in [6.07, 6.45) is 0. The van der Waals surface area contributed by atoms with Gasteiger partial charge < -0.3 is 9.80 Å². The number of hydrogen-bond donors (Lipinski definition) is 0. The van der Waals surface area contributed by atoms with E-state index >= 15 is 0 Å². The Kier molecular flexibility index (Phi) is 18.8. The molecular weight excluding hydrogens is 1580 g/mol. The minimum absolute atomic E-state index is 0.0118. The molecule has 0 aromatic heterocycles. The molecule has 12 aromatic rings. The number of nitrogens with zero attached hydrogens (tertiary/aromatic N) is 2. The van der Waals surface area contributed by atoms with E-state index in [0.717, 1.165) is 55.6 Å². The Morgan fingerprint density at radius 3 is 0.725 bits per heavy atom. The van der Waals surface area contributed by atoms with Crippen molar-refractivity contribution in [2.45, 2.75) is 367 Å². The number of fused-ring (bicyclic) bond motifs is 4. The third-order valence-corrected chi connectivity index (χ3v) is 26.3. The lowest BCUT2D eigenvalue weighted by atomic mass is 9.33. The molecule has 686 valence electrons. The zero-order valence-corrected chi connectivity index (χ0v) is 87.8. The van der Waals surface area contributed by atoms with Crippen molar-refractivity contribution in [2.24, 2.45) is 0 Å². The Morgan fingerprint density at radius 2 is 0.443 bits per heavy atom. The molecular formula is C128H161BN2. The van der Waals surface area contributed by atoms with E-state index in [9.17, 15) is 24.7 Å². The maximum Gasteiger partial charge on any atom is 0.252 e. The Balaban J connectivity index is 1.46. The fourth-order valence-corrected chi connectivity index (χ4v) is 17.7. The first-order valence-corrected chi connectivity index (χ1v) is 47.8. The van der Waals surface area contributed by atoms with E-state index in [1.54, 1.807) is 0 Å². The molecule has 0 amide bonds. The van der Waals surface area contributed by atoms with E-state index in [2.05, 4.69) is 233 Å². The van der Waals surface area contributed by atoms with E-state index in [0.29, 0.717) is 50.3 Å². The molecule has 2 nitrogen and oxygen atoms in total. The summed E-state index contributed by atoms with van der Waals surface area (Å²) in [5.74, 6) is 0. The van der Waals surface area contributed by atoms with Gasteiger partial charge in [-0.25, -0.2) is 0 Å². The molecule has 3 heteroatoms. The van der Waals surface area contributed by atoms with Gasteiger partial charge in [-0.3, -0.25) is 0 Å². The van der Waals surface area contributed by atoms with Crippen LogP contribution in [0.3, 0.4) is 0 Å². The van der Waals surface area contributed by atoms with Crippen LogP contribution < -0.4 is 26.2 Å². The standard InChI is InChI=1S/C128H161BN2/c1-115(2,3)87-52-46-78(47-53-87)99-74-97(125(31,32)33)76-101(86-64-95(123(25,26)27)73-96(65-86)124(28,29)30)113(99)130-107-66-80(82-58-89(117(7,8)9)70-90(59-82)118(10,11)12)50-56-105(107)129-106-57-51-81(83-60-91(119(13,14)15)71-92(61-83)120(16,17)18)67-108(106)131(110-69-85(68-109(130)112(110)129)84-62-93(121(19,20)21)72-94(63-84)122(22,23)24)114-100(79-48-54-88(55-49-79)116(4,5)6)75-98(126(34,35)36)77-102(114)111-103(127(37,38)39)44-43-45-104(111)128(40,41)42/h43-77H,1-42H3/i43D,44D,45D,46D,47D,48D,49D,52D,53D,54D,55D,64D,65D,73D,74D,75D,76D,77D. The zero-order valence-electron chi connectivity index (χ0n) is 106. The fourth-order valence-electron chi connectivity index (χ4n) is 17.7. The summed E-state index contributed by atoms with van der Waals surface area (Å²) in [6.45, 7) is 84.3. The van der Waals surface area contributed by atoms with E-state index in [-0.39, 0.29) is 185 Å². The molecule has 14 rings (SSSR count). The normalized spacial score (nSPS) is 16.1. The second kappa shape index (κ2) is 32.6. The van der Waals surface area contributed by atoms with Gasteiger partial charge in [-0.05, 0) is 274 Å². The van der Waals surface area contributed by atoms with E-state index in [1.807, 2.05) is 171 Å². The molecule has 0 saturated heterocycles. The highest BCUT2D eigenvalue weighted by Crippen LogP contribution is 2.59. The number of anilines is 6. The lowest BCUT2D eigenvalue weighted by molar-refractivity contribution is 0.568. The lowest BCUT2D eigenvalue weighted by Crippen LogP contribution is -2.61. The van der Waals surface area contributed by atoms with Crippen LogP contribution in [-0.2, 0) is 75.8 Å². The molecule has 0 fully saturated rings. The maximum absolute atomic E-state index is 12.1. The second-order valence-electron chi connectivity index (χ2n) is 52.4. The highest BCUT2D eigenvalue weighted by atomic mass is 15.2. The number of hydrogen-bond acceptors (Lipinski definition) is 2. The van der Waals surface area contributed by atoms with Crippen LogP contribution in [0.5, 0.6) is 0 Å². The van der Waals surface area contributed by atoms with Crippen molar-refractivity contribution in [3.05, 3.63) is 290 Å². The van der Waals surface area contributed by atoms with Gasteiger partial charge in [0.2, 0.25) is 0 Å². The summed E-state index contributed by atoms with van der Waals surface area (Å²) >= 11 is 0. The van der Waals surface area contributed by atoms with Gasteiger partial charge in [0.25, 0.3) is 6.71 Å². The van der Waals surface area contributed by atoms with E-state index < -0.39 is 107 Å². The highest BCUT2D eigenvalue weighted by molar-refractivity contribution is 7.00. The van der Waals surface area contributed by atoms with Crippen molar-refractivity contribution in [3.8, 4) is 77.9 Å². The van der Waals surface area contributed by atoms with Crippen LogP contribution in [0.25, 0.3) is 77.9 Å². The van der Waals surface area contributed by atoms with Crippen LogP contribution in [-0.4, -0.2) is 6.71 Å². The average molecular weight is 1760 g/mol. The van der Waals surface area contributed by atoms with E-state index in [4.69, 9.17) is 0 Å². The van der Waals surface area contributed by atoms with Gasteiger partial charge in [0, 0.05) is 45.0 Å². The Labute approximate surface area is 821 Å². The van der Waals surface area contributed by atoms with Crippen LogP contribution in [0.15, 0.2) is 212 Å². The Bertz CT molecular complexity index is 7350. The first-order chi connectivity index (χ1) is 67.3. The Hall–Kier alpha value is -9.70. The smallest absolute Gasteiger partial charge is 0.252 e. The Morgan fingerprint density at radius 1 is 0.198 bits per heavy atom. The molecule has 0 aliphatic carbocycles. The van der Waals surface area contributed by atoms with Gasteiger partial charge in [-0.15, -0.1) is 0 Å². The summed E-state index contributed by atoms with van der Waals surface area (Å²) in [5.41, 5.74) is 3.12. The monoisotopic (exact) mass is 1760 g/mol. The molecule has 0 atom stereocenters. The SMILES string of the molecule is [2H]c1c([2H])c(C(C)(C)C)c(-c2c([2H])c(C(C)(C)C)c([2H])c(-c3c([2H])c([2H])c(C(C)(C)C)c([2H])c3[2H])c2N2c3cc(-c4cc(C(C)(C)C)cc(C(C)(C)C)c4)ccc3B3c4ccc(-c5cc(C(C)(C)C)cc(C(C)(C)C)c5)cc4N(c4c(-c5c([2H])c([2H])c(C(C)(C)C)c([2H])c5[2H])c([2H])c(C(C)(C)C)c([2H])c4-c4c([2H])c(C(C)(C)C)c([2H])c(C(C)(C)C)c4[2H])c4cc(-c5cc(C(C)(C)C)cc(C(C)(C)C)c5)cc2c43)c(C(C)(C)C)c1[2H]. The molecule has 2 aliphatic rings. The van der Waals surface area contributed by atoms with Gasteiger partial charge in [-0.2, -0.15) is 0 Å². The molecule has 0 bridgehead atoms. The van der Waals surface area contributed by atoms with Crippen molar-refractivity contribution in [3.63, 3.8) is 0 Å². The van der Waals surface area contributed by atoms with Crippen molar-refractivity contribution in [2.75, 3.05) is 9.80 Å². The minimum Gasteiger partial charge on any atom is -0.310 e. The van der Waals surface area contributed by atoms with Gasteiger partial charge in [0.05, 0.1) is 36.0 Å². The third-order valence-electron chi connectivity index (χ3n) is 26.3. The van der Waals surface area contributed by atoms with Gasteiger partial charge >= 0.3 is 0 Å². The summed E-state index contributed by atoms with van der Waals surface area (Å²) < 4.78 is 200. The number of benzene rings is 12. The second-order valence-corrected chi connectivity index (χ2v) is 52.4. The van der Waals surface area contributed by atoms with Crippen LogP contribution in [0.1, 0.15) is 393 Å². The molecule has 2 aliphatic heterocycles. The molecule has 0 saturated carbocycles. The summed E-state index contributed by atoms with van der Waals surface area (Å²) in [7, 11) is 0. The molecule has 0 spiro atoms. The minimum atomic E-state index is -1.22. The topological polar surface area (TPSA) is 6.48 Å². The first kappa shape index (κ1) is 75.7. The van der Waals surface area contributed by atoms with Crippen molar-refractivity contribution in [1.29, 1.82) is 0 Å². The highest BCUT2D eigenvalue weighted by Gasteiger charge is 2.48. The van der Waals surface area contributed by atoms with Gasteiger partial charge in [-0.1, -0.05) is 454 Å². The largest absolute Gasteiger partial charge is 0.310 e. The molecule has 131 heavy (non-hydrogen) atoms. The summed E-state index contributed by atoms with van der Waals surface area (Å²) in [5, 5.41) is 0. The van der Waals surface area contributed by atoms with Crippen LogP contribution in [0.2, 0.25) is 0 Å². The molecule has 12 aromatic carbocycles. The first-order valence-electron chi connectivity index (χ1n) is 56.8. The van der Waals surface area contributed by atoms with Gasteiger partial charge in [0.1, 0.15) is 0 Å². The maximum atomic E-state index is 12.1.